The summed E-state index contributed by atoms with van der Waals surface area (Å²) in [6, 6.07) is 5.86. The Hall–Kier alpha value is -0.870. The molecule has 3 N–H and O–H groups in total. The standard InChI is InChI=1S/C13H22N4O2S.HI/c1-10-5-6-12(9-11(10)2)16-13(14)15-7-8-20(18,19)17(3)4;/h5-6,9H,7-8H2,1-4H3,(H3,14,15,16);1H. The molecule has 21 heavy (non-hydrogen) atoms. The van der Waals surface area contributed by atoms with Crippen LogP contribution in [0.3, 0.4) is 0 Å². The van der Waals surface area contributed by atoms with Gasteiger partial charge in [0, 0.05) is 19.8 Å². The Kier molecular flexibility index (Phi) is 8.19. The molecule has 1 aromatic carbocycles. The maximum absolute atomic E-state index is 11.5. The molecular formula is C13H23IN4O2S. The van der Waals surface area contributed by atoms with Crippen LogP contribution in [0.5, 0.6) is 0 Å². The van der Waals surface area contributed by atoms with Crippen molar-refractivity contribution in [1.29, 1.82) is 0 Å². The quantitative estimate of drug-likeness (QED) is 0.425. The van der Waals surface area contributed by atoms with Crippen LogP contribution < -0.4 is 11.1 Å². The second-order valence-corrected chi connectivity index (χ2v) is 7.09. The Bertz CT molecular complexity index is 600. The van der Waals surface area contributed by atoms with E-state index >= 15 is 0 Å². The van der Waals surface area contributed by atoms with Crippen LogP contribution in [0.1, 0.15) is 11.1 Å². The molecule has 0 radical (unpaired) electrons. The minimum absolute atomic E-state index is 0. The minimum atomic E-state index is -3.24. The Balaban J connectivity index is 0.00000400. The van der Waals surface area contributed by atoms with Crippen molar-refractivity contribution in [3.8, 4) is 0 Å². The highest BCUT2D eigenvalue weighted by atomic mass is 127. The number of guanidine groups is 1. The first-order chi connectivity index (χ1) is 9.22. The lowest BCUT2D eigenvalue weighted by Crippen LogP contribution is -2.28. The van der Waals surface area contributed by atoms with E-state index in [9.17, 15) is 8.42 Å². The van der Waals surface area contributed by atoms with Gasteiger partial charge in [-0.1, -0.05) is 6.07 Å². The summed E-state index contributed by atoms with van der Waals surface area (Å²) in [5.41, 5.74) is 8.92. The molecule has 6 nitrogen and oxygen atoms in total. The van der Waals surface area contributed by atoms with Gasteiger partial charge in [0.25, 0.3) is 0 Å². The van der Waals surface area contributed by atoms with E-state index in [1.807, 2.05) is 32.0 Å². The van der Waals surface area contributed by atoms with Gasteiger partial charge in [-0.3, -0.25) is 4.99 Å². The molecule has 0 aliphatic rings. The van der Waals surface area contributed by atoms with Gasteiger partial charge in [-0.25, -0.2) is 12.7 Å². The van der Waals surface area contributed by atoms with Crippen molar-refractivity contribution in [2.24, 2.45) is 10.7 Å². The number of hydrogen-bond acceptors (Lipinski definition) is 3. The molecule has 0 atom stereocenters. The van der Waals surface area contributed by atoms with Crippen LogP contribution in [0.15, 0.2) is 23.2 Å². The fraction of sp³-hybridized carbons (Fsp3) is 0.462. The van der Waals surface area contributed by atoms with Crippen molar-refractivity contribution in [2.45, 2.75) is 13.8 Å². The van der Waals surface area contributed by atoms with Crippen LogP contribution in [-0.4, -0.2) is 45.1 Å². The first-order valence-corrected chi connectivity index (χ1v) is 7.87. The number of rotatable bonds is 5. The average molecular weight is 426 g/mol. The van der Waals surface area contributed by atoms with Crippen molar-refractivity contribution < 1.29 is 8.42 Å². The lowest BCUT2D eigenvalue weighted by molar-refractivity contribution is 0.521. The smallest absolute Gasteiger partial charge is 0.215 e. The maximum atomic E-state index is 11.5. The molecule has 0 aliphatic heterocycles. The van der Waals surface area contributed by atoms with Crippen LogP contribution in [0.2, 0.25) is 0 Å². The molecule has 120 valence electrons. The Morgan fingerprint density at radius 1 is 1.29 bits per heavy atom. The van der Waals surface area contributed by atoms with Crippen molar-refractivity contribution in [3.05, 3.63) is 29.3 Å². The third kappa shape index (κ3) is 6.62. The molecule has 1 aromatic rings. The zero-order chi connectivity index (χ0) is 15.3. The third-order valence-electron chi connectivity index (χ3n) is 2.97. The molecule has 0 aliphatic carbocycles. The van der Waals surface area contributed by atoms with E-state index in [-0.39, 0.29) is 42.2 Å². The van der Waals surface area contributed by atoms with Gasteiger partial charge in [0.05, 0.1) is 12.3 Å². The normalized spacial score (nSPS) is 12.1. The number of nitrogens with zero attached hydrogens (tertiary/aromatic N) is 2. The lowest BCUT2D eigenvalue weighted by atomic mass is 10.1. The highest BCUT2D eigenvalue weighted by Gasteiger charge is 2.12. The largest absolute Gasteiger partial charge is 0.370 e. The van der Waals surface area contributed by atoms with Crippen molar-refractivity contribution in [3.63, 3.8) is 0 Å². The van der Waals surface area contributed by atoms with E-state index < -0.39 is 10.0 Å². The van der Waals surface area contributed by atoms with E-state index in [1.54, 1.807) is 0 Å². The van der Waals surface area contributed by atoms with Crippen molar-refractivity contribution >= 4 is 45.6 Å². The van der Waals surface area contributed by atoms with Crippen LogP contribution >= 0.6 is 24.0 Å². The van der Waals surface area contributed by atoms with Gasteiger partial charge in [0.1, 0.15) is 0 Å². The van der Waals surface area contributed by atoms with Gasteiger partial charge < -0.3 is 11.1 Å². The summed E-state index contributed by atoms with van der Waals surface area (Å²) in [7, 11) is -0.245. The molecule has 0 amide bonds. The highest BCUT2D eigenvalue weighted by molar-refractivity contribution is 14.0. The number of benzene rings is 1. The van der Waals surface area contributed by atoms with E-state index in [2.05, 4.69) is 10.3 Å². The van der Waals surface area contributed by atoms with Gasteiger partial charge in [-0.15, -0.1) is 24.0 Å². The highest BCUT2D eigenvalue weighted by Crippen LogP contribution is 2.13. The molecule has 0 fully saturated rings. The predicted molar refractivity (Wildman–Crippen MR) is 98.9 cm³/mol. The van der Waals surface area contributed by atoms with Gasteiger partial charge in [-0.05, 0) is 37.1 Å². The van der Waals surface area contributed by atoms with Crippen molar-refractivity contribution in [1.82, 2.24) is 4.31 Å². The number of hydrogen-bond donors (Lipinski definition) is 2. The second kappa shape index (κ2) is 8.54. The molecule has 1 rings (SSSR count). The molecule has 0 aromatic heterocycles. The SMILES string of the molecule is Cc1ccc(NC(N)=NCCS(=O)(=O)N(C)C)cc1C.I. The third-order valence-corrected chi connectivity index (χ3v) is 4.78. The summed E-state index contributed by atoms with van der Waals surface area (Å²) in [5, 5.41) is 2.94. The lowest BCUT2D eigenvalue weighted by Gasteiger charge is -2.10. The molecular weight excluding hydrogens is 403 g/mol. The summed E-state index contributed by atoms with van der Waals surface area (Å²) in [6.45, 7) is 4.17. The zero-order valence-corrected chi connectivity index (χ0v) is 15.9. The molecule has 0 bridgehead atoms. The minimum Gasteiger partial charge on any atom is -0.370 e. The van der Waals surface area contributed by atoms with Crippen molar-refractivity contribution in [2.75, 3.05) is 31.7 Å². The molecule has 8 heteroatoms. The number of aliphatic imine (C=N–C) groups is 1. The first kappa shape index (κ1) is 20.1. The number of nitrogens with two attached hydrogens (primary N) is 1. The van der Waals surface area contributed by atoms with E-state index in [1.165, 1.54) is 24.0 Å². The number of sulfonamides is 1. The van der Waals surface area contributed by atoms with Crippen LogP contribution in [0, 0.1) is 13.8 Å². The number of anilines is 1. The van der Waals surface area contributed by atoms with Gasteiger partial charge in [0.2, 0.25) is 10.0 Å². The van der Waals surface area contributed by atoms with Crippen LogP contribution in [0.4, 0.5) is 5.69 Å². The Labute approximate surface area is 143 Å². The number of nitrogens with one attached hydrogen (secondary N) is 1. The van der Waals surface area contributed by atoms with Crippen LogP contribution in [-0.2, 0) is 10.0 Å². The van der Waals surface area contributed by atoms with Crippen LogP contribution in [0.25, 0.3) is 0 Å². The van der Waals surface area contributed by atoms with Gasteiger partial charge >= 0.3 is 0 Å². The van der Waals surface area contributed by atoms with Gasteiger partial charge in [0.15, 0.2) is 5.96 Å². The molecule has 0 heterocycles. The summed E-state index contributed by atoms with van der Waals surface area (Å²) in [4.78, 5) is 4.02. The summed E-state index contributed by atoms with van der Waals surface area (Å²) in [5.74, 6) is 0.150. The summed E-state index contributed by atoms with van der Waals surface area (Å²) >= 11 is 0. The molecule has 0 saturated carbocycles. The molecule has 0 unspecified atom stereocenters. The fourth-order valence-corrected chi connectivity index (χ4v) is 2.16. The topological polar surface area (TPSA) is 87.8 Å². The molecule has 0 spiro atoms. The van der Waals surface area contributed by atoms with E-state index in [0.717, 1.165) is 11.3 Å². The van der Waals surface area contributed by atoms with E-state index in [4.69, 9.17) is 5.73 Å². The van der Waals surface area contributed by atoms with E-state index in [0.29, 0.717) is 0 Å². The summed E-state index contributed by atoms with van der Waals surface area (Å²) < 4.78 is 24.3. The molecule has 0 saturated heterocycles. The second-order valence-electron chi connectivity index (χ2n) is 4.79. The first-order valence-electron chi connectivity index (χ1n) is 6.27. The fourth-order valence-electron chi connectivity index (χ4n) is 1.47. The number of halogens is 1. The monoisotopic (exact) mass is 426 g/mol. The summed E-state index contributed by atoms with van der Waals surface area (Å²) in [6.07, 6.45) is 0. The Morgan fingerprint density at radius 2 is 1.90 bits per heavy atom. The Morgan fingerprint density at radius 3 is 2.43 bits per heavy atom. The zero-order valence-electron chi connectivity index (χ0n) is 12.8. The predicted octanol–water partition coefficient (Wildman–Crippen LogP) is 1.54. The maximum Gasteiger partial charge on any atom is 0.215 e. The number of aryl methyl sites for hydroxylation is 2. The average Bonchev–Trinajstić information content (AvgIpc) is 2.33. The van der Waals surface area contributed by atoms with Gasteiger partial charge in [-0.2, -0.15) is 0 Å².